The van der Waals surface area contributed by atoms with E-state index in [2.05, 4.69) is 13.8 Å². The fourth-order valence-corrected chi connectivity index (χ4v) is 0. The van der Waals surface area contributed by atoms with Crippen LogP contribution in [0.5, 0.6) is 0 Å². The van der Waals surface area contributed by atoms with Gasteiger partial charge in [0.15, 0.2) is 7.57 Å². The van der Waals surface area contributed by atoms with Gasteiger partial charge in [-0.1, -0.05) is 8.93 Å². The molecule has 0 aromatic heterocycles. The van der Waals surface area contributed by atoms with E-state index in [0.29, 0.717) is 0 Å². The number of rotatable bonds is 1. The minimum Gasteiger partial charge on any atom is -0.380 e. The third kappa shape index (κ3) is 13.1. The molecule has 0 aromatic carbocycles. The lowest BCUT2D eigenvalue weighted by Crippen LogP contribution is -1.42. The molecule has 0 fully saturated rings. The second-order valence-corrected chi connectivity index (χ2v) is 3.82. The van der Waals surface area contributed by atoms with E-state index >= 15 is 0 Å². The van der Waals surface area contributed by atoms with Gasteiger partial charge in [-0.2, -0.15) is 0 Å². The Hall–Kier alpha value is 0.885. The molecule has 24 valence electrons. The monoisotopic (exact) mass is 96.0 g/mol. The molecule has 0 rings (SSSR count). The predicted octanol–water partition coefficient (Wildman–Crippen LogP) is -0.286. The van der Waals surface area contributed by atoms with Crippen LogP contribution in [0, 0.1) is 0 Å². The SMILES string of the molecule is [3H]OP(B)P. The molecule has 0 spiro atoms. The zero-order chi connectivity index (χ0) is 4.28. The van der Waals surface area contributed by atoms with Crippen LogP contribution < -0.4 is 0 Å². The summed E-state index contributed by atoms with van der Waals surface area (Å²) < 4.78 is 6.17. The smallest absolute Gasteiger partial charge is 0.215 e. The summed E-state index contributed by atoms with van der Waals surface area (Å²) >= 11 is 0. The molecule has 4 heavy (non-hydrogen) atoms. The van der Waals surface area contributed by atoms with Gasteiger partial charge in [0.05, 0.1) is 0 Å². The molecule has 0 amide bonds. The lowest BCUT2D eigenvalue weighted by Gasteiger charge is -1.80. The van der Waals surface area contributed by atoms with Crippen LogP contribution in [-0.4, -0.2) is 13.9 Å². The Labute approximate surface area is 31.6 Å². The molecule has 0 radical (unpaired) electrons. The molecule has 0 aromatic rings. The minimum absolute atomic E-state index is 0.515. The van der Waals surface area contributed by atoms with E-state index < -0.39 is 7.72 Å². The largest absolute Gasteiger partial charge is 0.380 e. The minimum atomic E-state index is -0.515. The summed E-state index contributed by atoms with van der Waals surface area (Å²) in [5.41, 5.74) is 0. The van der Waals surface area contributed by atoms with Crippen LogP contribution in [0.25, 0.3) is 0 Å². The summed E-state index contributed by atoms with van der Waals surface area (Å²) in [6.45, 7) is 0. The molecule has 0 bridgehead atoms. The molecule has 0 saturated heterocycles. The molecule has 1 N–H and O–H groups in total. The van der Waals surface area contributed by atoms with Crippen LogP contribution in [0.2, 0.25) is 0 Å². The first kappa shape index (κ1) is 3.09. The topological polar surface area (TPSA) is 20.2 Å². The Morgan fingerprint density at radius 3 is 2.75 bits per heavy atom. The van der Waals surface area contributed by atoms with Crippen molar-refractivity contribution >= 4 is 24.2 Å². The van der Waals surface area contributed by atoms with Crippen molar-refractivity contribution in [2.45, 2.75) is 0 Å². The van der Waals surface area contributed by atoms with Crippen molar-refractivity contribution in [2.24, 2.45) is 0 Å². The molecule has 0 aliphatic heterocycles. The summed E-state index contributed by atoms with van der Waals surface area (Å²) in [6.07, 6.45) is 0. The van der Waals surface area contributed by atoms with Crippen molar-refractivity contribution in [3.63, 3.8) is 0 Å². The summed E-state index contributed by atoms with van der Waals surface area (Å²) in [6, 6.07) is 0. The molecule has 0 aliphatic carbocycles. The van der Waals surface area contributed by atoms with Gasteiger partial charge >= 0.3 is 0 Å². The first-order valence-electron chi connectivity index (χ1n) is 1.30. The zero-order valence-corrected chi connectivity index (χ0v) is 4.48. The summed E-state index contributed by atoms with van der Waals surface area (Å²) in [5.74, 6) is 0. The summed E-state index contributed by atoms with van der Waals surface area (Å²) in [4.78, 5) is 4.03. The Morgan fingerprint density at radius 1 is 2.50 bits per heavy atom. The molecule has 2 unspecified atom stereocenters. The van der Waals surface area contributed by atoms with Gasteiger partial charge in [-0.3, -0.25) is 0 Å². The van der Waals surface area contributed by atoms with E-state index in [1.807, 2.05) is 7.57 Å². The van der Waals surface area contributed by atoms with Crippen molar-refractivity contribution in [3.8, 4) is 0 Å². The zero-order valence-electron chi connectivity index (χ0n) is 3.43. The molecule has 0 saturated carbocycles. The Morgan fingerprint density at radius 2 is 2.75 bits per heavy atom. The van der Waals surface area contributed by atoms with Crippen LogP contribution in [0.1, 0.15) is 0 Å². The lowest BCUT2D eigenvalue weighted by molar-refractivity contribution is 0.655. The van der Waals surface area contributed by atoms with Crippen LogP contribution in [-0.2, 0) is 0 Å². The highest BCUT2D eigenvalue weighted by atomic mass is 32.0. The van der Waals surface area contributed by atoms with E-state index in [4.69, 9.17) is 1.43 Å². The predicted molar refractivity (Wildman–Crippen MR) is 27.4 cm³/mol. The molecular formula is H5BOP2. The van der Waals surface area contributed by atoms with Crippen molar-refractivity contribution < 1.29 is 4.90 Å². The van der Waals surface area contributed by atoms with Gasteiger partial charge in [-0.25, -0.2) is 0 Å². The van der Waals surface area contributed by atoms with E-state index in [-0.39, 0.29) is 0 Å². The Balaban J connectivity index is 2.54. The first-order valence-corrected chi connectivity index (χ1v) is 4.21. The van der Waals surface area contributed by atoms with Crippen LogP contribution >= 0.6 is 16.6 Å². The van der Waals surface area contributed by atoms with Gasteiger partial charge in [-0.15, -0.1) is 0 Å². The Bertz CT molecular complexity index is 23.6. The van der Waals surface area contributed by atoms with Gasteiger partial charge in [0, 0.05) is 0 Å². The molecule has 2 atom stereocenters. The average molecular weight is 95.8 g/mol. The lowest BCUT2D eigenvalue weighted by atomic mass is 10.8. The second-order valence-electron chi connectivity index (χ2n) is 0.546. The van der Waals surface area contributed by atoms with Crippen molar-refractivity contribution in [1.82, 2.24) is 0 Å². The van der Waals surface area contributed by atoms with E-state index in [0.717, 1.165) is 0 Å². The number of hydrogen-bond donors (Lipinski definition) is 1. The van der Waals surface area contributed by atoms with Gasteiger partial charge in [0.25, 0.3) is 0 Å². The molecule has 4 heteroatoms. The molecule has 1 nitrogen and oxygen atoms in total. The van der Waals surface area contributed by atoms with Gasteiger partial charge in [0.2, 0.25) is 1.43 Å². The standard InChI is InChI=1S/BH5OP2/c1-4(2)3/h2H,1,3H2/i2T. The normalized spacial score (nSPS) is 18.8. The Kier molecular flexibility index (Phi) is 1.65. The van der Waals surface area contributed by atoms with Gasteiger partial charge < -0.3 is 4.90 Å². The maximum atomic E-state index is 6.17. The average Bonchev–Trinajstić information content (AvgIpc) is 1.38. The second kappa shape index (κ2) is 2.14. The number of hydrogen-bond acceptors (Lipinski definition) is 1. The molecule has 0 heterocycles. The molecular weight excluding hydrogens is 88.8 g/mol. The van der Waals surface area contributed by atoms with Crippen LogP contribution in [0.4, 0.5) is 0 Å². The summed E-state index contributed by atoms with van der Waals surface area (Å²) in [5, 5.41) is 0. The van der Waals surface area contributed by atoms with E-state index in [1.165, 1.54) is 0 Å². The van der Waals surface area contributed by atoms with Crippen molar-refractivity contribution in [2.75, 3.05) is 0 Å². The quantitative estimate of drug-likeness (QED) is 0.351. The highest BCUT2D eigenvalue weighted by Gasteiger charge is 1.69. The van der Waals surface area contributed by atoms with Gasteiger partial charge in [-0.05, 0) is 7.72 Å². The summed E-state index contributed by atoms with van der Waals surface area (Å²) in [7, 11) is 3.71. The van der Waals surface area contributed by atoms with Crippen molar-refractivity contribution in [3.05, 3.63) is 0 Å². The van der Waals surface area contributed by atoms with Gasteiger partial charge in [0.1, 0.15) is 0 Å². The maximum absolute atomic E-state index is 6.17. The van der Waals surface area contributed by atoms with Crippen LogP contribution in [0.15, 0.2) is 0 Å². The highest BCUT2D eigenvalue weighted by molar-refractivity contribution is 8.23. The third-order valence-corrected chi connectivity index (χ3v) is 0. The van der Waals surface area contributed by atoms with Crippen LogP contribution in [0.3, 0.4) is 0 Å². The molecule has 0 aliphatic rings. The highest BCUT2D eigenvalue weighted by Crippen LogP contribution is 2.31. The van der Waals surface area contributed by atoms with E-state index in [1.54, 1.807) is 0 Å². The first-order chi connectivity index (χ1) is 2.27. The fraction of sp³-hybridized carbons (Fsp3) is 0. The fourth-order valence-electron chi connectivity index (χ4n) is 0. The van der Waals surface area contributed by atoms with Crippen molar-refractivity contribution in [1.29, 1.82) is 1.43 Å². The third-order valence-electron chi connectivity index (χ3n) is 0. The maximum Gasteiger partial charge on any atom is 0.215 e. The van der Waals surface area contributed by atoms with E-state index in [9.17, 15) is 0 Å².